The van der Waals surface area contributed by atoms with Crippen molar-refractivity contribution in [2.75, 3.05) is 13.2 Å². The summed E-state index contributed by atoms with van der Waals surface area (Å²) in [4.78, 5) is 11.6. The molecule has 2 aromatic carbocycles. The molecular weight excluding hydrogens is 372 g/mol. The molecule has 134 valence electrons. The number of amides is 1. The standard InChI is InChI=1S/C19H17ClN2O3S/c20-15-4-1-2-5-17(15)25-11-3-10-24-14-8-6-13(7-9-14)12-16-18(23)22-19(26)21-16/h1-2,4-9,12H,3,10-11H2,(H2,21,22,23,26). The van der Waals surface area contributed by atoms with Crippen molar-refractivity contribution in [3.05, 3.63) is 64.8 Å². The van der Waals surface area contributed by atoms with E-state index in [9.17, 15) is 4.79 Å². The minimum absolute atomic E-state index is 0.228. The number of hydrogen-bond acceptors (Lipinski definition) is 4. The highest BCUT2D eigenvalue weighted by Crippen LogP contribution is 2.23. The third-order valence-corrected chi connectivity index (χ3v) is 4.08. The van der Waals surface area contributed by atoms with Gasteiger partial charge in [0.05, 0.1) is 18.2 Å². The first-order chi connectivity index (χ1) is 12.6. The monoisotopic (exact) mass is 388 g/mol. The number of nitrogens with one attached hydrogen (secondary N) is 2. The SMILES string of the molecule is O=C1NC(=S)NC1=Cc1ccc(OCCCOc2ccccc2Cl)cc1. The topological polar surface area (TPSA) is 59.6 Å². The molecule has 2 aromatic rings. The van der Waals surface area contributed by atoms with E-state index in [4.69, 9.17) is 33.3 Å². The van der Waals surface area contributed by atoms with Crippen molar-refractivity contribution in [3.63, 3.8) is 0 Å². The zero-order valence-corrected chi connectivity index (χ0v) is 15.4. The molecule has 0 atom stereocenters. The molecule has 0 aromatic heterocycles. The highest BCUT2D eigenvalue weighted by molar-refractivity contribution is 7.80. The Morgan fingerprint density at radius 2 is 1.73 bits per heavy atom. The van der Waals surface area contributed by atoms with Gasteiger partial charge in [-0.3, -0.25) is 10.1 Å². The van der Waals surface area contributed by atoms with Crippen LogP contribution < -0.4 is 20.1 Å². The van der Waals surface area contributed by atoms with Crippen molar-refractivity contribution in [1.29, 1.82) is 0 Å². The van der Waals surface area contributed by atoms with Gasteiger partial charge in [-0.2, -0.15) is 0 Å². The molecule has 1 heterocycles. The normalized spacial score (nSPS) is 14.9. The minimum Gasteiger partial charge on any atom is -0.493 e. The number of para-hydroxylation sites is 1. The maximum atomic E-state index is 11.6. The molecule has 2 N–H and O–H groups in total. The van der Waals surface area contributed by atoms with Crippen molar-refractivity contribution in [1.82, 2.24) is 10.6 Å². The van der Waals surface area contributed by atoms with Crippen molar-refractivity contribution in [2.45, 2.75) is 6.42 Å². The Hall–Kier alpha value is -2.57. The molecule has 1 aliphatic rings. The molecule has 0 aliphatic carbocycles. The summed E-state index contributed by atoms with van der Waals surface area (Å²) >= 11 is 10.9. The largest absolute Gasteiger partial charge is 0.493 e. The van der Waals surface area contributed by atoms with Crippen LogP contribution in [0.2, 0.25) is 5.02 Å². The smallest absolute Gasteiger partial charge is 0.273 e. The van der Waals surface area contributed by atoms with Gasteiger partial charge in [-0.1, -0.05) is 35.9 Å². The lowest BCUT2D eigenvalue weighted by molar-refractivity contribution is -0.115. The van der Waals surface area contributed by atoms with E-state index in [-0.39, 0.29) is 5.91 Å². The zero-order valence-electron chi connectivity index (χ0n) is 13.8. The van der Waals surface area contributed by atoms with E-state index in [0.29, 0.717) is 34.8 Å². The summed E-state index contributed by atoms with van der Waals surface area (Å²) in [5.74, 6) is 1.20. The maximum Gasteiger partial charge on any atom is 0.273 e. The van der Waals surface area contributed by atoms with Crippen LogP contribution in [0.25, 0.3) is 6.08 Å². The molecule has 3 rings (SSSR count). The number of rotatable bonds is 7. The van der Waals surface area contributed by atoms with E-state index in [1.165, 1.54) is 0 Å². The first-order valence-corrected chi connectivity index (χ1v) is 8.85. The van der Waals surface area contributed by atoms with Crippen molar-refractivity contribution in [2.24, 2.45) is 0 Å². The van der Waals surface area contributed by atoms with Gasteiger partial charge in [0.15, 0.2) is 5.11 Å². The third kappa shape index (κ3) is 4.97. The van der Waals surface area contributed by atoms with Crippen LogP contribution in [0.15, 0.2) is 54.2 Å². The van der Waals surface area contributed by atoms with Crippen LogP contribution in [0, 0.1) is 0 Å². The van der Waals surface area contributed by atoms with E-state index in [0.717, 1.165) is 17.7 Å². The molecular formula is C19H17ClN2O3S. The van der Waals surface area contributed by atoms with Crippen LogP contribution in [0.4, 0.5) is 0 Å². The van der Waals surface area contributed by atoms with E-state index in [1.54, 1.807) is 12.1 Å². The number of carbonyl (C=O) groups excluding carboxylic acids is 1. The number of benzene rings is 2. The van der Waals surface area contributed by atoms with Crippen LogP contribution in [-0.2, 0) is 4.79 Å². The Labute approximate surface area is 161 Å². The second kappa shape index (κ2) is 8.69. The summed E-state index contributed by atoms with van der Waals surface area (Å²) in [6.07, 6.45) is 2.47. The van der Waals surface area contributed by atoms with Gasteiger partial charge in [-0.15, -0.1) is 0 Å². The van der Waals surface area contributed by atoms with E-state index < -0.39 is 0 Å². The Morgan fingerprint density at radius 3 is 2.42 bits per heavy atom. The predicted molar refractivity (Wildman–Crippen MR) is 105 cm³/mol. The molecule has 26 heavy (non-hydrogen) atoms. The molecule has 1 aliphatic heterocycles. The lowest BCUT2D eigenvalue weighted by Gasteiger charge is -2.09. The summed E-state index contributed by atoms with van der Waals surface area (Å²) in [6.45, 7) is 1.05. The highest BCUT2D eigenvalue weighted by atomic mass is 35.5. The van der Waals surface area contributed by atoms with Gasteiger partial charge in [0, 0.05) is 6.42 Å². The molecule has 7 heteroatoms. The Kier molecular flexibility index (Phi) is 6.09. The van der Waals surface area contributed by atoms with Crippen LogP contribution >= 0.6 is 23.8 Å². The van der Waals surface area contributed by atoms with Crippen LogP contribution in [0.5, 0.6) is 11.5 Å². The summed E-state index contributed by atoms with van der Waals surface area (Å²) in [5, 5.41) is 6.25. The molecule has 0 radical (unpaired) electrons. The Balaban J connectivity index is 1.43. The molecule has 5 nitrogen and oxygen atoms in total. The maximum absolute atomic E-state index is 11.6. The number of halogens is 1. The first kappa shape index (κ1) is 18.2. The second-order valence-electron chi connectivity index (χ2n) is 5.52. The number of ether oxygens (including phenoxy) is 2. The third-order valence-electron chi connectivity index (χ3n) is 3.56. The highest BCUT2D eigenvalue weighted by Gasteiger charge is 2.19. The number of thiocarbonyl (C=S) groups is 1. The van der Waals surface area contributed by atoms with E-state index >= 15 is 0 Å². The average molecular weight is 389 g/mol. The molecule has 0 saturated carbocycles. The number of hydrogen-bond donors (Lipinski definition) is 2. The van der Waals surface area contributed by atoms with Gasteiger partial charge >= 0.3 is 0 Å². The summed E-state index contributed by atoms with van der Waals surface area (Å²) in [7, 11) is 0. The fourth-order valence-electron chi connectivity index (χ4n) is 2.30. The fraction of sp³-hybridized carbons (Fsp3) is 0.158. The van der Waals surface area contributed by atoms with Crippen molar-refractivity contribution >= 4 is 40.9 Å². The van der Waals surface area contributed by atoms with E-state index in [1.807, 2.05) is 42.5 Å². The minimum atomic E-state index is -0.228. The quantitative estimate of drug-likeness (QED) is 0.431. The van der Waals surface area contributed by atoms with E-state index in [2.05, 4.69) is 10.6 Å². The number of carbonyl (C=O) groups is 1. The van der Waals surface area contributed by atoms with Crippen molar-refractivity contribution < 1.29 is 14.3 Å². The molecule has 1 saturated heterocycles. The second-order valence-corrected chi connectivity index (χ2v) is 6.33. The first-order valence-electron chi connectivity index (χ1n) is 8.06. The zero-order chi connectivity index (χ0) is 18.4. The summed E-state index contributed by atoms with van der Waals surface area (Å²) in [5.41, 5.74) is 1.31. The van der Waals surface area contributed by atoms with Gasteiger partial charge in [0.2, 0.25) is 0 Å². The summed E-state index contributed by atoms with van der Waals surface area (Å²) < 4.78 is 11.3. The van der Waals surface area contributed by atoms with Gasteiger partial charge in [0.1, 0.15) is 17.2 Å². The lowest BCUT2D eigenvalue weighted by atomic mass is 10.2. The van der Waals surface area contributed by atoms with Gasteiger partial charge in [0.25, 0.3) is 5.91 Å². The molecule has 0 bridgehead atoms. The van der Waals surface area contributed by atoms with Crippen LogP contribution in [0.3, 0.4) is 0 Å². The van der Waals surface area contributed by atoms with Gasteiger partial charge in [-0.05, 0) is 48.1 Å². The van der Waals surface area contributed by atoms with Crippen LogP contribution in [-0.4, -0.2) is 24.2 Å². The fourth-order valence-corrected chi connectivity index (χ4v) is 2.70. The van der Waals surface area contributed by atoms with Gasteiger partial charge < -0.3 is 14.8 Å². The van der Waals surface area contributed by atoms with Crippen molar-refractivity contribution in [3.8, 4) is 11.5 Å². The molecule has 1 amide bonds. The average Bonchev–Trinajstić information content (AvgIpc) is 2.95. The molecule has 0 spiro atoms. The Morgan fingerprint density at radius 1 is 1.00 bits per heavy atom. The Bertz CT molecular complexity index is 837. The van der Waals surface area contributed by atoms with Crippen LogP contribution in [0.1, 0.15) is 12.0 Å². The lowest BCUT2D eigenvalue weighted by Crippen LogP contribution is -2.21. The predicted octanol–water partition coefficient (Wildman–Crippen LogP) is 3.53. The van der Waals surface area contributed by atoms with Gasteiger partial charge in [-0.25, -0.2) is 0 Å². The summed E-state index contributed by atoms with van der Waals surface area (Å²) in [6, 6.07) is 14.8. The molecule has 0 unspecified atom stereocenters. The molecule has 1 fully saturated rings.